The van der Waals surface area contributed by atoms with E-state index in [0.29, 0.717) is 11.5 Å². The lowest BCUT2D eigenvalue weighted by atomic mass is 9.94. The van der Waals surface area contributed by atoms with E-state index in [1.165, 1.54) is 17.7 Å². The van der Waals surface area contributed by atoms with Crippen LogP contribution in [-0.4, -0.2) is 27.6 Å². The maximum absolute atomic E-state index is 10.8. The molecule has 1 saturated heterocycles. The summed E-state index contributed by atoms with van der Waals surface area (Å²) in [6, 6.07) is 1.76. The largest absolute Gasteiger partial charge is 0.478 e. The Hall–Kier alpha value is -1.03. The molecule has 1 N–H and O–H groups in total. The molecule has 1 aliphatic heterocycles. The molecule has 0 saturated carbocycles. The molecular weight excluding hydrogens is 210 g/mol. The number of carbonyl (C=O) groups is 1. The number of pyridine rings is 1. The number of aromatic carboxylic acids is 1. The number of carboxylic acid groups (broad SMARTS) is 1. The quantitative estimate of drug-likeness (QED) is 0.836. The average molecular weight is 223 g/mol. The minimum Gasteiger partial charge on any atom is -0.478 e. The van der Waals surface area contributed by atoms with Crippen molar-refractivity contribution < 1.29 is 9.90 Å². The Morgan fingerprint density at radius 3 is 2.80 bits per heavy atom. The number of nitrogens with zero attached hydrogens (tertiary/aromatic N) is 1. The van der Waals surface area contributed by atoms with E-state index >= 15 is 0 Å². The van der Waals surface area contributed by atoms with Gasteiger partial charge in [-0.3, -0.25) is 4.98 Å². The maximum Gasteiger partial charge on any atom is 0.337 e. The highest BCUT2D eigenvalue weighted by Crippen LogP contribution is 2.31. The summed E-state index contributed by atoms with van der Waals surface area (Å²) in [5.74, 6) is 1.94. The topological polar surface area (TPSA) is 50.2 Å². The SMILES string of the molecule is O=C(O)c1cncc(C2CCSCC2)c1. The van der Waals surface area contributed by atoms with Crippen LogP contribution in [0.3, 0.4) is 0 Å². The van der Waals surface area contributed by atoms with E-state index < -0.39 is 5.97 Å². The van der Waals surface area contributed by atoms with Gasteiger partial charge in [-0.25, -0.2) is 4.79 Å². The molecular formula is C11H13NO2S. The van der Waals surface area contributed by atoms with Gasteiger partial charge in [-0.05, 0) is 41.9 Å². The second-order valence-corrected chi connectivity index (χ2v) is 4.92. The molecule has 0 spiro atoms. The second-order valence-electron chi connectivity index (χ2n) is 3.70. The summed E-state index contributed by atoms with van der Waals surface area (Å²) in [7, 11) is 0. The van der Waals surface area contributed by atoms with Crippen molar-refractivity contribution in [2.45, 2.75) is 18.8 Å². The Kier molecular flexibility index (Phi) is 3.26. The Balaban J connectivity index is 2.19. The highest BCUT2D eigenvalue weighted by atomic mass is 32.2. The van der Waals surface area contributed by atoms with E-state index in [0.717, 1.165) is 18.4 Å². The Morgan fingerprint density at radius 1 is 1.40 bits per heavy atom. The molecule has 1 aliphatic rings. The van der Waals surface area contributed by atoms with Gasteiger partial charge in [0, 0.05) is 12.4 Å². The van der Waals surface area contributed by atoms with Gasteiger partial charge < -0.3 is 5.11 Å². The fraction of sp³-hybridized carbons (Fsp3) is 0.455. The number of thioether (sulfide) groups is 1. The van der Waals surface area contributed by atoms with Crippen LogP contribution in [0, 0.1) is 0 Å². The molecule has 1 aromatic heterocycles. The monoisotopic (exact) mass is 223 g/mol. The van der Waals surface area contributed by atoms with Crippen LogP contribution in [0.15, 0.2) is 18.5 Å². The van der Waals surface area contributed by atoms with Gasteiger partial charge in [0.15, 0.2) is 0 Å². The molecule has 0 aromatic carbocycles. The lowest BCUT2D eigenvalue weighted by Crippen LogP contribution is -2.09. The summed E-state index contributed by atoms with van der Waals surface area (Å²) >= 11 is 1.97. The molecule has 0 amide bonds. The third-order valence-electron chi connectivity index (χ3n) is 2.70. The van der Waals surface area contributed by atoms with E-state index in [2.05, 4.69) is 4.98 Å². The van der Waals surface area contributed by atoms with Gasteiger partial charge >= 0.3 is 5.97 Å². The van der Waals surface area contributed by atoms with Crippen molar-refractivity contribution in [3.05, 3.63) is 29.6 Å². The van der Waals surface area contributed by atoms with Crippen LogP contribution >= 0.6 is 11.8 Å². The first-order valence-electron chi connectivity index (χ1n) is 5.03. The number of carboxylic acids is 1. The first-order chi connectivity index (χ1) is 7.27. The molecule has 0 aliphatic carbocycles. The zero-order valence-corrected chi connectivity index (χ0v) is 9.17. The molecule has 0 radical (unpaired) electrons. The molecule has 1 fully saturated rings. The van der Waals surface area contributed by atoms with Crippen LogP contribution in [0.5, 0.6) is 0 Å². The predicted molar refractivity (Wildman–Crippen MR) is 60.5 cm³/mol. The second kappa shape index (κ2) is 4.66. The molecule has 4 heteroatoms. The van der Waals surface area contributed by atoms with Crippen molar-refractivity contribution in [2.75, 3.05) is 11.5 Å². The van der Waals surface area contributed by atoms with Crippen LogP contribution in [0.4, 0.5) is 0 Å². The van der Waals surface area contributed by atoms with E-state index in [-0.39, 0.29) is 0 Å². The van der Waals surface area contributed by atoms with Crippen LogP contribution in [0.2, 0.25) is 0 Å². The molecule has 0 unspecified atom stereocenters. The van der Waals surface area contributed by atoms with Crippen molar-refractivity contribution in [2.24, 2.45) is 0 Å². The summed E-state index contributed by atoms with van der Waals surface area (Å²) in [4.78, 5) is 14.8. The van der Waals surface area contributed by atoms with E-state index in [1.54, 1.807) is 12.3 Å². The molecule has 15 heavy (non-hydrogen) atoms. The Labute approximate surface area is 92.9 Å². The van der Waals surface area contributed by atoms with E-state index in [1.807, 2.05) is 11.8 Å². The number of hydrogen-bond donors (Lipinski definition) is 1. The van der Waals surface area contributed by atoms with Crippen molar-refractivity contribution >= 4 is 17.7 Å². The van der Waals surface area contributed by atoms with Crippen molar-refractivity contribution in [1.82, 2.24) is 4.98 Å². The van der Waals surface area contributed by atoms with Gasteiger partial charge in [-0.2, -0.15) is 11.8 Å². The lowest BCUT2D eigenvalue weighted by molar-refractivity contribution is 0.0696. The standard InChI is InChI=1S/C11H13NO2S/c13-11(14)10-5-9(6-12-7-10)8-1-3-15-4-2-8/h5-8H,1-4H2,(H,13,14). The molecule has 2 rings (SSSR count). The fourth-order valence-corrected chi connectivity index (χ4v) is 2.94. The molecule has 0 atom stereocenters. The molecule has 80 valence electrons. The molecule has 0 bridgehead atoms. The molecule has 3 nitrogen and oxygen atoms in total. The van der Waals surface area contributed by atoms with Crippen molar-refractivity contribution in [3.8, 4) is 0 Å². The third-order valence-corrected chi connectivity index (χ3v) is 3.75. The average Bonchev–Trinajstić information content (AvgIpc) is 2.30. The fourth-order valence-electron chi connectivity index (χ4n) is 1.83. The Bertz CT molecular complexity index is 361. The minimum absolute atomic E-state index is 0.297. The summed E-state index contributed by atoms with van der Waals surface area (Å²) in [6.07, 6.45) is 5.47. The first kappa shape index (κ1) is 10.5. The maximum atomic E-state index is 10.8. The van der Waals surface area contributed by atoms with Gasteiger partial charge in [-0.15, -0.1) is 0 Å². The summed E-state index contributed by atoms with van der Waals surface area (Å²) in [5.41, 5.74) is 1.38. The summed E-state index contributed by atoms with van der Waals surface area (Å²) < 4.78 is 0. The number of aromatic nitrogens is 1. The summed E-state index contributed by atoms with van der Waals surface area (Å²) in [5, 5.41) is 8.86. The van der Waals surface area contributed by atoms with Gasteiger partial charge in [-0.1, -0.05) is 0 Å². The number of rotatable bonds is 2. The van der Waals surface area contributed by atoms with E-state index in [4.69, 9.17) is 5.11 Å². The van der Waals surface area contributed by atoms with Crippen molar-refractivity contribution in [3.63, 3.8) is 0 Å². The Morgan fingerprint density at radius 2 is 2.13 bits per heavy atom. The van der Waals surface area contributed by atoms with Gasteiger partial charge in [0.25, 0.3) is 0 Å². The van der Waals surface area contributed by atoms with Gasteiger partial charge in [0.1, 0.15) is 0 Å². The number of hydrogen-bond acceptors (Lipinski definition) is 3. The van der Waals surface area contributed by atoms with Gasteiger partial charge in [0.05, 0.1) is 5.56 Å². The van der Waals surface area contributed by atoms with Gasteiger partial charge in [0.2, 0.25) is 0 Å². The smallest absolute Gasteiger partial charge is 0.337 e. The van der Waals surface area contributed by atoms with Crippen LogP contribution < -0.4 is 0 Å². The van der Waals surface area contributed by atoms with Crippen molar-refractivity contribution in [1.29, 1.82) is 0 Å². The van der Waals surface area contributed by atoms with E-state index in [9.17, 15) is 4.79 Å². The highest BCUT2D eigenvalue weighted by Gasteiger charge is 2.17. The normalized spacial score (nSPS) is 17.6. The highest BCUT2D eigenvalue weighted by molar-refractivity contribution is 7.99. The molecule has 2 heterocycles. The van der Waals surface area contributed by atoms with Crippen LogP contribution in [0.1, 0.15) is 34.7 Å². The zero-order valence-electron chi connectivity index (χ0n) is 8.35. The molecule has 1 aromatic rings. The third kappa shape index (κ3) is 2.50. The minimum atomic E-state index is -0.894. The lowest BCUT2D eigenvalue weighted by Gasteiger charge is -2.21. The predicted octanol–water partition coefficient (Wildman–Crippen LogP) is 2.39. The summed E-state index contributed by atoms with van der Waals surface area (Å²) in [6.45, 7) is 0. The first-order valence-corrected chi connectivity index (χ1v) is 6.19. The van der Waals surface area contributed by atoms with Crippen LogP contribution in [-0.2, 0) is 0 Å². The van der Waals surface area contributed by atoms with Crippen LogP contribution in [0.25, 0.3) is 0 Å². The zero-order chi connectivity index (χ0) is 10.7.